The average Bonchev–Trinajstić information content (AvgIpc) is 2.35. The van der Waals surface area contributed by atoms with Crippen LogP contribution in [0.5, 0.6) is 5.75 Å². The second kappa shape index (κ2) is 5.75. The fraction of sp³-hybridized carbons (Fsp3) is 0.273. The van der Waals surface area contributed by atoms with Gasteiger partial charge in [0.25, 0.3) is 0 Å². The lowest BCUT2D eigenvalue weighted by molar-refractivity contribution is -0.142. The third-order valence-corrected chi connectivity index (χ3v) is 1.84. The molecule has 0 N–H and O–H groups in total. The largest absolute Gasteiger partial charge is 0.482 e. The van der Waals surface area contributed by atoms with Crippen molar-refractivity contribution < 1.29 is 23.8 Å². The monoisotopic (exact) mass is 224 g/mol. The van der Waals surface area contributed by atoms with Crippen molar-refractivity contribution in [1.29, 1.82) is 0 Å². The fourth-order valence-corrected chi connectivity index (χ4v) is 1.03. The summed E-state index contributed by atoms with van der Waals surface area (Å²) in [6, 6.07) is 6.36. The Kier molecular flexibility index (Phi) is 4.32. The maximum absolute atomic E-state index is 11.2. The topological polar surface area (TPSA) is 61.8 Å². The lowest BCUT2D eigenvalue weighted by Crippen LogP contribution is -2.12. The molecule has 1 aromatic rings. The first kappa shape index (κ1) is 12.0. The van der Waals surface area contributed by atoms with E-state index in [9.17, 15) is 9.59 Å². The zero-order valence-corrected chi connectivity index (χ0v) is 9.06. The van der Waals surface area contributed by atoms with Crippen LogP contribution in [0.1, 0.15) is 10.4 Å². The van der Waals surface area contributed by atoms with Gasteiger partial charge in [-0.3, -0.25) is 0 Å². The molecule has 0 unspecified atom stereocenters. The molecular formula is C11H12O5. The van der Waals surface area contributed by atoms with Gasteiger partial charge in [-0.2, -0.15) is 0 Å². The summed E-state index contributed by atoms with van der Waals surface area (Å²) in [5.74, 6) is -0.528. The highest BCUT2D eigenvalue weighted by Crippen LogP contribution is 2.13. The first-order chi connectivity index (χ1) is 7.67. The smallest absolute Gasteiger partial charge is 0.343 e. The van der Waals surface area contributed by atoms with Crippen LogP contribution in [0.3, 0.4) is 0 Å². The van der Waals surface area contributed by atoms with Gasteiger partial charge in [0.15, 0.2) is 6.61 Å². The van der Waals surface area contributed by atoms with Gasteiger partial charge in [-0.15, -0.1) is 0 Å². The van der Waals surface area contributed by atoms with E-state index in [2.05, 4.69) is 9.47 Å². The number of rotatable bonds is 4. The van der Waals surface area contributed by atoms with E-state index < -0.39 is 11.9 Å². The second-order valence-corrected chi connectivity index (χ2v) is 2.88. The Bertz CT molecular complexity index is 386. The van der Waals surface area contributed by atoms with Crippen LogP contribution in [0.15, 0.2) is 24.3 Å². The van der Waals surface area contributed by atoms with Crippen molar-refractivity contribution in [2.24, 2.45) is 0 Å². The number of methoxy groups -OCH3 is 2. The van der Waals surface area contributed by atoms with Crippen LogP contribution in [-0.2, 0) is 14.3 Å². The van der Waals surface area contributed by atoms with E-state index in [4.69, 9.17) is 4.74 Å². The fourth-order valence-electron chi connectivity index (χ4n) is 1.03. The van der Waals surface area contributed by atoms with Crippen molar-refractivity contribution in [3.05, 3.63) is 29.8 Å². The number of esters is 2. The molecular weight excluding hydrogens is 212 g/mol. The lowest BCUT2D eigenvalue weighted by atomic mass is 10.2. The molecule has 16 heavy (non-hydrogen) atoms. The van der Waals surface area contributed by atoms with E-state index in [-0.39, 0.29) is 6.61 Å². The number of benzene rings is 1. The van der Waals surface area contributed by atoms with Gasteiger partial charge in [0.2, 0.25) is 0 Å². The lowest BCUT2D eigenvalue weighted by Gasteiger charge is -2.05. The van der Waals surface area contributed by atoms with Gasteiger partial charge >= 0.3 is 11.9 Å². The normalized spacial score (nSPS) is 9.38. The summed E-state index contributed by atoms with van der Waals surface area (Å²) in [4.78, 5) is 22.0. The van der Waals surface area contributed by atoms with Gasteiger partial charge in [0.1, 0.15) is 5.75 Å². The molecule has 0 fully saturated rings. The van der Waals surface area contributed by atoms with Crippen LogP contribution < -0.4 is 4.74 Å². The predicted octanol–water partition coefficient (Wildman–Crippen LogP) is 1.02. The summed E-state index contributed by atoms with van der Waals surface area (Å²) in [6.45, 7) is -0.193. The average molecular weight is 224 g/mol. The van der Waals surface area contributed by atoms with Gasteiger partial charge in [0, 0.05) is 0 Å². The van der Waals surface area contributed by atoms with Crippen molar-refractivity contribution in [2.45, 2.75) is 0 Å². The molecule has 1 rings (SSSR count). The molecule has 0 radical (unpaired) electrons. The van der Waals surface area contributed by atoms with Crippen molar-refractivity contribution in [2.75, 3.05) is 20.8 Å². The van der Waals surface area contributed by atoms with E-state index in [1.807, 2.05) is 0 Å². The standard InChI is InChI=1S/C11H12O5/c1-14-10(12)7-16-9-5-3-4-8(6-9)11(13)15-2/h3-6H,7H2,1-2H3. The predicted molar refractivity (Wildman–Crippen MR) is 55.3 cm³/mol. The summed E-state index contributed by atoms with van der Waals surface area (Å²) in [7, 11) is 2.57. The third kappa shape index (κ3) is 3.27. The number of ether oxygens (including phenoxy) is 3. The van der Waals surface area contributed by atoms with Gasteiger partial charge in [-0.25, -0.2) is 9.59 Å². The van der Waals surface area contributed by atoms with Crippen molar-refractivity contribution in [3.8, 4) is 5.75 Å². The van der Waals surface area contributed by atoms with Crippen LogP contribution in [0.4, 0.5) is 0 Å². The second-order valence-electron chi connectivity index (χ2n) is 2.88. The molecule has 0 atom stereocenters. The minimum Gasteiger partial charge on any atom is -0.482 e. The molecule has 0 amide bonds. The van der Waals surface area contributed by atoms with Crippen molar-refractivity contribution >= 4 is 11.9 Å². The van der Waals surface area contributed by atoms with Crippen molar-refractivity contribution in [1.82, 2.24) is 0 Å². The zero-order valence-electron chi connectivity index (χ0n) is 9.06. The number of hydrogen-bond donors (Lipinski definition) is 0. The summed E-state index contributed by atoms with van der Waals surface area (Å²) in [6.07, 6.45) is 0. The Morgan fingerprint density at radius 2 is 1.94 bits per heavy atom. The number of hydrogen-bond acceptors (Lipinski definition) is 5. The summed E-state index contributed by atoms with van der Waals surface area (Å²) >= 11 is 0. The van der Waals surface area contributed by atoms with Crippen LogP contribution in [-0.4, -0.2) is 32.8 Å². The van der Waals surface area contributed by atoms with E-state index in [1.54, 1.807) is 18.2 Å². The minimum atomic E-state index is -0.483. The summed E-state index contributed by atoms with van der Waals surface area (Å²) in [5, 5.41) is 0. The summed E-state index contributed by atoms with van der Waals surface area (Å²) < 4.78 is 14.1. The Labute approximate surface area is 92.9 Å². The molecule has 0 aromatic heterocycles. The highest BCUT2D eigenvalue weighted by atomic mass is 16.6. The van der Waals surface area contributed by atoms with Crippen LogP contribution in [0, 0.1) is 0 Å². The highest BCUT2D eigenvalue weighted by molar-refractivity contribution is 5.89. The molecule has 5 heteroatoms. The SMILES string of the molecule is COC(=O)COc1cccc(C(=O)OC)c1. The number of carbonyl (C=O) groups is 2. The molecule has 0 saturated carbocycles. The molecule has 0 heterocycles. The molecule has 1 aromatic carbocycles. The Morgan fingerprint density at radius 3 is 2.56 bits per heavy atom. The molecule has 86 valence electrons. The molecule has 0 aliphatic heterocycles. The third-order valence-electron chi connectivity index (χ3n) is 1.84. The molecule has 0 aliphatic rings. The zero-order chi connectivity index (χ0) is 12.0. The first-order valence-electron chi connectivity index (χ1n) is 4.55. The van der Waals surface area contributed by atoms with E-state index >= 15 is 0 Å². The molecule has 0 saturated heterocycles. The van der Waals surface area contributed by atoms with Gasteiger partial charge in [-0.1, -0.05) is 6.07 Å². The van der Waals surface area contributed by atoms with Crippen molar-refractivity contribution in [3.63, 3.8) is 0 Å². The maximum atomic E-state index is 11.2. The van der Waals surface area contributed by atoms with Crippen LogP contribution in [0.2, 0.25) is 0 Å². The van der Waals surface area contributed by atoms with Gasteiger partial charge < -0.3 is 14.2 Å². The van der Waals surface area contributed by atoms with Gasteiger partial charge in [-0.05, 0) is 18.2 Å². The molecule has 0 aliphatic carbocycles. The Hall–Kier alpha value is -2.04. The first-order valence-corrected chi connectivity index (χ1v) is 4.55. The number of carbonyl (C=O) groups excluding carboxylic acids is 2. The molecule has 5 nitrogen and oxygen atoms in total. The van der Waals surface area contributed by atoms with E-state index in [0.717, 1.165) is 0 Å². The maximum Gasteiger partial charge on any atom is 0.343 e. The molecule has 0 spiro atoms. The van der Waals surface area contributed by atoms with E-state index in [0.29, 0.717) is 11.3 Å². The van der Waals surface area contributed by atoms with E-state index in [1.165, 1.54) is 20.3 Å². The quantitative estimate of drug-likeness (QED) is 0.714. The highest BCUT2D eigenvalue weighted by Gasteiger charge is 2.07. The minimum absolute atomic E-state index is 0.193. The van der Waals surface area contributed by atoms with Gasteiger partial charge in [0.05, 0.1) is 19.8 Å². The van der Waals surface area contributed by atoms with Crippen LogP contribution in [0.25, 0.3) is 0 Å². The molecule has 0 bridgehead atoms. The van der Waals surface area contributed by atoms with Crippen LogP contribution >= 0.6 is 0 Å². The Morgan fingerprint density at radius 1 is 1.19 bits per heavy atom. The Balaban J connectivity index is 2.67. The summed E-state index contributed by atoms with van der Waals surface area (Å²) in [5.41, 5.74) is 0.366.